The van der Waals surface area contributed by atoms with Crippen LogP contribution in [0.25, 0.3) is 0 Å². The highest BCUT2D eigenvalue weighted by atomic mass is 35.5. The van der Waals surface area contributed by atoms with Gasteiger partial charge in [0.05, 0.1) is 5.88 Å². The number of rotatable bonds is 5. The van der Waals surface area contributed by atoms with Crippen LogP contribution in [0.15, 0.2) is 6.33 Å². The fourth-order valence-electron chi connectivity index (χ4n) is 1.16. The molecular weight excluding hydrogens is 190 g/mol. The van der Waals surface area contributed by atoms with Crippen molar-refractivity contribution in [1.82, 2.24) is 14.8 Å². The molecule has 1 atom stereocenters. The summed E-state index contributed by atoms with van der Waals surface area (Å²) in [5.41, 5.74) is 0. The molecule has 0 aliphatic rings. The first kappa shape index (κ1) is 10.5. The van der Waals surface area contributed by atoms with Gasteiger partial charge in [0.25, 0.3) is 0 Å². The van der Waals surface area contributed by atoms with Crippen LogP contribution in [0.3, 0.4) is 0 Å². The molecule has 0 N–H and O–H groups in total. The SMILES string of the molecule is COCCC(C)n1cnnc1CCl. The summed E-state index contributed by atoms with van der Waals surface area (Å²) in [5, 5.41) is 7.71. The van der Waals surface area contributed by atoms with E-state index in [9.17, 15) is 0 Å². The number of nitrogens with zero attached hydrogens (tertiary/aromatic N) is 3. The van der Waals surface area contributed by atoms with E-state index in [1.165, 1.54) is 0 Å². The molecule has 0 spiro atoms. The number of hydrogen-bond donors (Lipinski definition) is 0. The monoisotopic (exact) mass is 203 g/mol. The van der Waals surface area contributed by atoms with E-state index in [1.54, 1.807) is 13.4 Å². The summed E-state index contributed by atoms with van der Waals surface area (Å²) in [7, 11) is 1.70. The van der Waals surface area contributed by atoms with Crippen molar-refractivity contribution in [2.24, 2.45) is 0 Å². The Morgan fingerprint density at radius 1 is 1.69 bits per heavy atom. The fourth-order valence-corrected chi connectivity index (χ4v) is 1.35. The predicted octanol–water partition coefficient (Wildman–Crippen LogP) is 1.61. The Morgan fingerprint density at radius 2 is 2.46 bits per heavy atom. The number of methoxy groups -OCH3 is 1. The molecule has 13 heavy (non-hydrogen) atoms. The molecule has 0 fully saturated rings. The van der Waals surface area contributed by atoms with Crippen LogP contribution < -0.4 is 0 Å². The Kier molecular flexibility index (Phi) is 4.18. The molecule has 0 aliphatic carbocycles. The largest absolute Gasteiger partial charge is 0.385 e. The standard InChI is InChI=1S/C8H14ClN3O/c1-7(3-4-13-2)12-6-10-11-8(12)5-9/h6-7H,3-5H2,1-2H3. The molecule has 0 radical (unpaired) electrons. The van der Waals surface area contributed by atoms with Crippen LogP contribution in [0, 0.1) is 0 Å². The third-order valence-electron chi connectivity index (χ3n) is 1.98. The van der Waals surface area contributed by atoms with Crippen molar-refractivity contribution in [3.05, 3.63) is 12.2 Å². The number of aromatic nitrogens is 3. The van der Waals surface area contributed by atoms with Crippen LogP contribution in [-0.4, -0.2) is 28.5 Å². The minimum absolute atomic E-state index is 0.337. The maximum atomic E-state index is 5.70. The van der Waals surface area contributed by atoms with Crippen molar-refractivity contribution in [1.29, 1.82) is 0 Å². The molecular formula is C8H14ClN3O. The molecule has 74 valence electrons. The average molecular weight is 204 g/mol. The van der Waals surface area contributed by atoms with Gasteiger partial charge < -0.3 is 9.30 Å². The summed E-state index contributed by atoms with van der Waals surface area (Å²) in [6.45, 7) is 2.83. The molecule has 1 aromatic rings. The summed E-state index contributed by atoms with van der Waals surface area (Å²) >= 11 is 5.70. The van der Waals surface area contributed by atoms with Crippen molar-refractivity contribution in [3.63, 3.8) is 0 Å². The zero-order chi connectivity index (χ0) is 9.68. The lowest BCUT2D eigenvalue weighted by Crippen LogP contribution is -2.09. The molecule has 0 amide bonds. The van der Waals surface area contributed by atoms with E-state index in [0.29, 0.717) is 11.9 Å². The quantitative estimate of drug-likeness (QED) is 0.683. The molecule has 0 aromatic carbocycles. The summed E-state index contributed by atoms with van der Waals surface area (Å²) in [4.78, 5) is 0. The van der Waals surface area contributed by atoms with E-state index in [1.807, 2.05) is 4.57 Å². The molecule has 1 rings (SSSR count). The smallest absolute Gasteiger partial charge is 0.148 e. The lowest BCUT2D eigenvalue weighted by Gasteiger charge is -2.13. The highest BCUT2D eigenvalue weighted by molar-refractivity contribution is 6.16. The van der Waals surface area contributed by atoms with Gasteiger partial charge in [0.1, 0.15) is 12.2 Å². The Labute approximate surface area is 82.9 Å². The molecule has 1 aromatic heterocycles. The van der Waals surface area contributed by atoms with E-state index < -0.39 is 0 Å². The highest BCUT2D eigenvalue weighted by Crippen LogP contribution is 2.13. The van der Waals surface area contributed by atoms with Gasteiger partial charge in [-0.25, -0.2) is 0 Å². The third-order valence-corrected chi connectivity index (χ3v) is 2.22. The van der Waals surface area contributed by atoms with Gasteiger partial charge >= 0.3 is 0 Å². The van der Waals surface area contributed by atoms with Crippen molar-refractivity contribution >= 4 is 11.6 Å². The first-order valence-corrected chi connectivity index (χ1v) is 4.76. The predicted molar refractivity (Wildman–Crippen MR) is 50.8 cm³/mol. The van der Waals surface area contributed by atoms with Gasteiger partial charge in [0, 0.05) is 19.8 Å². The lowest BCUT2D eigenvalue weighted by atomic mass is 10.2. The second-order valence-corrected chi connectivity index (χ2v) is 3.19. The third kappa shape index (κ3) is 2.67. The lowest BCUT2D eigenvalue weighted by molar-refractivity contribution is 0.180. The van der Waals surface area contributed by atoms with E-state index in [2.05, 4.69) is 17.1 Å². The van der Waals surface area contributed by atoms with Crippen molar-refractivity contribution in [2.45, 2.75) is 25.3 Å². The van der Waals surface area contributed by atoms with Gasteiger partial charge in [0.2, 0.25) is 0 Å². The molecule has 0 saturated carbocycles. The molecule has 4 nitrogen and oxygen atoms in total. The zero-order valence-electron chi connectivity index (χ0n) is 7.90. The maximum Gasteiger partial charge on any atom is 0.148 e. The Morgan fingerprint density at radius 3 is 3.08 bits per heavy atom. The topological polar surface area (TPSA) is 39.9 Å². The van der Waals surface area contributed by atoms with E-state index in [0.717, 1.165) is 18.9 Å². The van der Waals surface area contributed by atoms with Gasteiger partial charge in [-0.1, -0.05) is 0 Å². The number of hydrogen-bond acceptors (Lipinski definition) is 3. The normalized spacial score (nSPS) is 13.2. The molecule has 0 aliphatic heterocycles. The van der Waals surface area contributed by atoms with Gasteiger partial charge in [-0.2, -0.15) is 0 Å². The number of halogens is 1. The first-order chi connectivity index (χ1) is 6.29. The van der Waals surface area contributed by atoms with Gasteiger partial charge in [-0.15, -0.1) is 21.8 Å². The average Bonchev–Trinajstić information content (AvgIpc) is 2.61. The summed E-state index contributed by atoms with van der Waals surface area (Å²) in [6, 6.07) is 0.337. The fraction of sp³-hybridized carbons (Fsp3) is 0.750. The van der Waals surface area contributed by atoms with Crippen LogP contribution in [0.4, 0.5) is 0 Å². The number of alkyl halides is 1. The first-order valence-electron chi connectivity index (χ1n) is 4.23. The molecule has 1 unspecified atom stereocenters. The maximum absolute atomic E-state index is 5.70. The van der Waals surface area contributed by atoms with Crippen LogP contribution in [-0.2, 0) is 10.6 Å². The van der Waals surface area contributed by atoms with Crippen LogP contribution in [0.2, 0.25) is 0 Å². The van der Waals surface area contributed by atoms with Crippen molar-refractivity contribution < 1.29 is 4.74 Å². The molecule has 1 heterocycles. The summed E-state index contributed by atoms with van der Waals surface area (Å²) < 4.78 is 6.98. The summed E-state index contributed by atoms with van der Waals surface area (Å²) in [5.74, 6) is 1.21. The second-order valence-electron chi connectivity index (χ2n) is 2.92. The Balaban J connectivity index is 2.59. The van der Waals surface area contributed by atoms with Crippen LogP contribution in [0.1, 0.15) is 25.2 Å². The van der Waals surface area contributed by atoms with Crippen LogP contribution in [0.5, 0.6) is 0 Å². The van der Waals surface area contributed by atoms with E-state index in [4.69, 9.17) is 16.3 Å². The van der Waals surface area contributed by atoms with Gasteiger partial charge in [-0.3, -0.25) is 0 Å². The minimum Gasteiger partial charge on any atom is -0.385 e. The zero-order valence-corrected chi connectivity index (χ0v) is 8.66. The van der Waals surface area contributed by atoms with Crippen molar-refractivity contribution in [3.8, 4) is 0 Å². The van der Waals surface area contributed by atoms with E-state index in [-0.39, 0.29) is 0 Å². The van der Waals surface area contributed by atoms with Crippen molar-refractivity contribution in [2.75, 3.05) is 13.7 Å². The molecule has 0 saturated heterocycles. The highest BCUT2D eigenvalue weighted by Gasteiger charge is 2.09. The molecule has 5 heteroatoms. The Hall–Kier alpha value is -0.610. The van der Waals surface area contributed by atoms with Gasteiger partial charge in [-0.05, 0) is 13.3 Å². The Bertz CT molecular complexity index is 251. The molecule has 0 bridgehead atoms. The minimum atomic E-state index is 0.337. The number of ether oxygens (including phenoxy) is 1. The van der Waals surface area contributed by atoms with Gasteiger partial charge in [0.15, 0.2) is 0 Å². The second kappa shape index (κ2) is 5.19. The van der Waals surface area contributed by atoms with Crippen LogP contribution >= 0.6 is 11.6 Å². The van der Waals surface area contributed by atoms with E-state index >= 15 is 0 Å². The summed E-state index contributed by atoms with van der Waals surface area (Å²) in [6.07, 6.45) is 2.65.